The highest BCUT2D eigenvalue weighted by molar-refractivity contribution is 5.99. The van der Waals surface area contributed by atoms with Crippen molar-refractivity contribution < 1.29 is 38.4 Å². The molecule has 17 nitrogen and oxygen atoms in total. The molecule has 0 unspecified atom stereocenters. The third kappa shape index (κ3) is 12.2. The number of hydrogen-bond acceptors (Lipinski definition) is 10. The van der Waals surface area contributed by atoms with Crippen LogP contribution < -0.4 is 37.2 Å². The third-order valence-corrected chi connectivity index (χ3v) is 11.5. The Morgan fingerprint density at radius 1 is 0.607 bits per heavy atom. The molecule has 2 saturated heterocycles. The first-order valence-corrected chi connectivity index (χ1v) is 21.0. The molecule has 0 bridgehead atoms. The number of carbonyl (C=O) groups excluding carboxylic acids is 8. The van der Waals surface area contributed by atoms with E-state index in [2.05, 4.69) is 37.2 Å². The summed E-state index contributed by atoms with van der Waals surface area (Å²) in [6.07, 6.45) is 0.981. The van der Waals surface area contributed by atoms with Gasteiger partial charge < -0.3 is 51.8 Å². The Morgan fingerprint density at radius 3 is 1.49 bits per heavy atom. The highest BCUT2D eigenvalue weighted by Gasteiger charge is 2.44. The zero-order valence-electron chi connectivity index (χ0n) is 36.6. The van der Waals surface area contributed by atoms with Gasteiger partial charge in [-0.15, -0.1) is 0 Å². The smallest absolute Gasteiger partial charge is 0.251 e. The second-order valence-electron chi connectivity index (χ2n) is 16.7. The summed E-state index contributed by atoms with van der Waals surface area (Å²) >= 11 is 0. The molecule has 2 aromatic rings. The quantitative estimate of drug-likeness (QED) is 0.104. The van der Waals surface area contributed by atoms with Gasteiger partial charge in [-0.25, -0.2) is 0 Å². The molecule has 9 atom stereocenters. The number of nitrogens with zero attached hydrogens (tertiary/aromatic N) is 2. The van der Waals surface area contributed by atoms with Gasteiger partial charge in [-0.2, -0.15) is 0 Å². The van der Waals surface area contributed by atoms with E-state index in [0.29, 0.717) is 6.29 Å². The Morgan fingerprint density at radius 2 is 1.05 bits per heavy atom. The predicted octanol–water partition coefficient (Wildman–Crippen LogP) is 0.659. The van der Waals surface area contributed by atoms with Crippen LogP contribution >= 0.6 is 0 Å². The Balaban J connectivity index is 1.43. The molecule has 2 aliphatic rings. The van der Waals surface area contributed by atoms with Crippen molar-refractivity contribution in [3.8, 4) is 0 Å². The summed E-state index contributed by atoms with van der Waals surface area (Å²) in [5.74, 6) is -3.46. The minimum atomic E-state index is -0.937. The van der Waals surface area contributed by atoms with Gasteiger partial charge in [-0.3, -0.25) is 33.6 Å². The lowest BCUT2D eigenvalue weighted by molar-refractivity contribution is -0.142. The number of hydrogen-bond donors (Lipinski definition) is 7. The molecule has 61 heavy (non-hydrogen) atoms. The van der Waals surface area contributed by atoms with Crippen LogP contribution in [0.4, 0.5) is 0 Å². The topological polar surface area (TPSA) is 227 Å². The third-order valence-electron chi connectivity index (χ3n) is 11.5. The number of amides is 7. The summed E-state index contributed by atoms with van der Waals surface area (Å²) < 4.78 is 0. The molecule has 2 aromatic carbocycles. The lowest BCUT2D eigenvalue weighted by Gasteiger charge is -2.31. The number of likely N-dealkylation sites (tertiary alicyclic amines) is 2. The van der Waals surface area contributed by atoms with Gasteiger partial charge >= 0.3 is 0 Å². The van der Waals surface area contributed by atoms with Gasteiger partial charge in [0.2, 0.25) is 29.5 Å². The second kappa shape index (κ2) is 21.7. The van der Waals surface area contributed by atoms with E-state index in [1.165, 1.54) is 34.1 Å². The highest BCUT2D eigenvalue weighted by Crippen LogP contribution is 2.24. The van der Waals surface area contributed by atoms with E-state index in [4.69, 9.17) is 0 Å². The number of aldehydes is 1. The van der Waals surface area contributed by atoms with Gasteiger partial charge in [0, 0.05) is 36.3 Å². The van der Waals surface area contributed by atoms with Gasteiger partial charge in [-0.05, 0) is 89.4 Å². The normalized spacial score (nSPS) is 21.2. The fourth-order valence-electron chi connectivity index (χ4n) is 7.43. The second-order valence-corrected chi connectivity index (χ2v) is 16.7. The predicted molar refractivity (Wildman–Crippen MR) is 229 cm³/mol. The van der Waals surface area contributed by atoms with Crippen LogP contribution in [0.5, 0.6) is 0 Å². The molecule has 0 aliphatic carbocycles. The first-order valence-electron chi connectivity index (χ1n) is 21.0. The summed E-state index contributed by atoms with van der Waals surface area (Å²) in [6.45, 7) is 12.5. The summed E-state index contributed by atoms with van der Waals surface area (Å²) in [6, 6.07) is 9.22. The fourth-order valence-corrected chi connectivity index (χ4v) is 7.43. The maximum Gasteiger partial charge on any atom is 0.251 e. The van der Waals surface area contributed by atoms with Crippen LogP contribution in [0.3, 0.4) is 0 Å². The van der Waals surface area contributed by atoms with E-state index in [9.17, 15) is 38.4 Å². The minimum Gasteiger partial charge on any atom is -0.348 e. The molecule has 2 fully saturated rings. The van der Waals surface area contributed by atoms with Crippen LogP contribution in [-0.4, -0.2) is 133 Å². The molecule has 332 valence electrons. The largest absolute Gasteiger partial charge is 0.348 e. The van der Waals surface area contributed by atoms with Crippen molar-refractivity contribution >= 4 is 47.6 Å². The van der Waals surface area contributed by atoms with Crippen LogP contribution in [0, 0.1) is 11.8 Å². The molecule has 17 heteroatoms. The average Bonchev–Trinajstić information content (AvgIpc) is 3.87. The van der Waals surface area contributed by atoms with E-state index in [1.807, 2.05) is 51.1 Å². The zero-order valence-corrected chi connectivity index (χ0v) is 36.6. The number of rotatable bonds is 18. The molecule has 0 saturated carbocycles. The molecule has 0 aromatic heterocycles. The first kappa shape index (κ1) is 48.0. The van der Waals surface area contributed by atoms with Crippen molar-refractivity contribution in [1.82, 2.24) is 47.0 Å². The highest BCUT2D eigenvalue weighted by atomic mass is 16.2. The van der Waals surface area contributed by atoms with Crippen LogP contribution in [0.25, 0.3) is 0 Å². The van der Waals surface area contributed by atoms with Crippen molar-refractivity contribution in [2.24, 2.45) is 11.8 Å². The van der Waals surface area contributed by atoms with Crippen LogP contribution in [0.1, 0.15) is 93.6 Å². The summed E-state index contributed by atoms with van der Waals surface area (Å²) in [7, 11) is 3.28. The van der Waals surface area contributed by atoms with Gasteiger partial charge in [0.05, 0.1) is 24.2 Å². The van der Waals surface area contributed by atoms with Gasteiger partial charge in [0.25, 0.3) is 11.8 Å². The van der Waals surface area contributed by atoms with E-state index in [0.717, 1.165) is 5.56 Å². The molecular formula is C44H63N9O8. The molecule has 7 amide bonds. The van der Waals surface area contributed by atoms with Crippen LogP contribution in [0.15, 0.2) is 54.6 Å². The van der Waals surface area contributed by atoms with Crippen molar-refractivity contribution in [1.29, 1.82) is 0 Å². The fraction of sp³-hybridized carbons (Fsp3) is 0.545. The number of likely N-dealkylation sites (N-methyl/N-ethyl adjacent to an activating group) is 2. The molecule has 0 radical (unpaired) electrons. The van der Waals surface area contributed by atoms with E-state index in [1.54, 1.807) is 41.8 Å². The zero-order chi connectivity index (χ0) is 45.1. The van der Waals surface area contributed by atoms with Gasteiger partial charge in [-0.1, -0.05) is 58.0 Å². The Hall–Kier alpha value is -5.68. The standard InChI is InChI=1S/C44H63N9O8/c1-24(2)36(50-38(55)27(6)45-8)43(60)52-21-32(19-34(52)23-54)48-40(57)30-15-17-31(18-16-30)41(58)49-33-20-35(42(59)47-26(5)29-13-11-10-12-14-29)53(22-33)44(61)37(25(3)4)51-39(56)28(7)46-9/h10-18,23-28,32-37,45-46H,19-22H2,1-9H3,(H,47,59)(H,48,57)(H,49,58)(H,50,55)(H,51,56)/t26-,27+,28+,32+,33+,34+,35+,36+,37+/m1/s1. The number of nitrogens with one attached hydrogen (secondary N) is 7. The Kier molecular flexibility index (Phi) is 17.1. The maximum absolute atomic E-state index is 14.2. The van der Waals surface area contributed by atoms with Crippen molar-refractivity contribution in [3.05, 3.63) is 71.3 Å². The molecule has 2 aliphatic heterocycles. The molecule has 4 rings (SSSR count). The Bertz CT molecular complexity index is 1890. The number of benzene rings is 2. The van der Waals surface area contributed by atoms with Crippen LogP contribution in [-0.2, 0) is 28.8 Å². The van der Waals surface area contributed by atoms with Crippen molar-refractivity contribution in [2.45, 2.75) is 116 Å². The minimum absolute atomic E-state index is 0.0194. The molecule has 7 N–H and O–H groups in total. The van der Waals surface area contributed by atoms with Crippen LogP contribution in [0.2, 0.25) is 0 Å². The van der Waals surface area contributed by atoms with Crippen molar-refractivity contribution in [2.75, 3.05) is 27.2 Å². The molecular weight excluding hydrogens is 783 g/mol. The summed E-state index contributed by atoms with van der Waals surface area (Å²) in [4.78, 5) is 109. The molecule has 0 spiro atoms. The van der Waals surface area contributed by atoms with E-state index >= 15 is 0 Å². The van der Waals surface area contributed by atoms with Gasteiger partial charge in [0.15, 0.2) is 0 Å². The van der Waals surface area contributed by atoms with Gasteiger partial charge in [0.1, 0.15) is 24.4 Å². The maximum atomic E-state index is 14.2. The number of carbonyl (C=O) groups is 8. The monoisotopic (exact) mass is 845 g/mol. The SMILES string of the molecule is CN[C@@H](C)C(=O)N[C@H](C(=O)N1C[C@@H](NC(=O)c2ccc(C(=O)N[C@H]3C[C@@H](C(=O)N[C@H](C)c4ccccc4)N(C(=O)[C@@H](NC(=O)[C@H](C)NC)C(C)C)C3)cc2)C[C@H]1C=O)C(C)C. The lowest BCUT2D eigenvalue weighted by atomic mass is 10.0. The Labute approximate surface area is 358 Å². The lowest BCUT2D eigenvalue weighted by Crippen LogP contribution is -2.57. The van der Waals surface area contributed by atoms with E-state index in [-0.39, 0.29) is 66.8 Å². The summed E-state index contributed by atoms with van der Waals surface area (Å²) in [5.41, 5.74) is 1.36. The van der Waals surface area contributed by atoms with E-state index < -0.39 is 77.9 Å². The summed E-state index contributed by atoms with van der Waals surface area (Å²) in [5, 5.41) is 20.2. The molecule has 2 heterocycles. The average molecular weight is 846 g/mol. The first-order chi connectivity index (χ1) is 28.9. The van der Waals surface area contributed by atoms with Crippen molar-refractivity contribution in [3.63, 3.8) is 0 Å².